The number of benzene rings is 2. The van der Waals surface area contributed by atoms with Gasteiger partial charge in [-0.25, -0.2) is 8.42 Å². The van der Waals surface area contributed by atoms with Crippen molar-refractivity contribution in [1.29, 1.82) is 0 Å². The Morgan fingerprint density at radius 2 is 1.52 bits per heavy atom. The first-order valence-corrected chi connectivity index (χ1v) is 7.62. The van der Waals surface area contributed by atoms with Gasteiger partial charge in [-0.05, 0) is 17.5 Å². The van der Waals surface area contributed by atoms with Crippen molar-refractivity contribution in [2.75, 3.05) is 0 Å². The molecule has 0 amide bonds. The van der Waals surface area contributed by atoms with Crippen LogP contribution in [0.4, 0.5) is 0 Å². The Kier molecular flexibility index (Phi) is 8.73. The third-order valence-corrected chi connectivity index (χ3v) is 4.13. The molecular weight excluding hydrogens is 374 g/mol. The van der Waals surface area contributed by atoms with E-state index in [2.05, 4.69) is 0 Å². The van der Waals surface area contributed by atoms with Gasteiger partial charge in [0.15, 0.2) is 0 Å². The van der Waals surface area contributed by atoms with E-state index in [9.17, 15) is 26.5 Å². The largest absolute Gasteiger partial charge is 1.00 e. The third kappa shape index (κ3) is 5.57. The van der Waals surface area contributed by atoms with Crippen molar-refractivity contribution in [2.24, 2.45) is 0 Å². The Hall–Kier alpha value is 1.59. The van der Waals surface area contributed by atoms with Gasteiger partial charge in [-0.3, -0.25) is 4.55 Å². The van der Waals surface area contributed by atoms with E-state index in [0.29, 0.717) is 6.07 Å². The molecule has 2 rings (SSSR count). The van der Waals surface area contributed by atoms with Crippen molar-refractivity contribution < 1.29 is 134 Å². The second kappa shape index (κ2) is 8.11. The van der Waals surface area contributed by atoms with Gasteiger partial charge in [0.05, 0.1) is 4.90 Å². The van der Waals surface area contributed by atoms with Crippen LogP contribution in [0, 0.1) is 0 Å². The van der Waals surface area contributed by atoms with Crippen molar-refractivity contribution >= 4 is 31.0 Å². The monoisotopic (exact) mass is 380 g/mol. The molecule has 0 aliphatic heterocycles. The summed E-state index contributed by atoms with van der Waals surface area (Å²) in [4.78, 5) is -1.57. The molecule has 11 heteroatoms. The Morgan fingerprint density at radius 1 is 0.952 bits per heavy atom. The molecule has 7 nitrogen and oxygen atoms in total. The molecule has 0 unspecified atom stereocenters. The zero-order valence-corrected chi connectivity index (χ0v) is 19.0. The van der Waals surface area contributed by atoms with E-state index in [-0.39, 0.29) is 114 Å². The van der Waals surface area contributed by atoms with E-state index in [1.165, 1.54) is 0 Å². The van der Waals surface area contributed by atoms with Gasteiger partial charge in [-0.1, -0.05) is 18.2 Å². The van der Waals surface area contributed by atoms with Gasteiger partial charge in [0, 0.05) is 5.39 Å². The van der Waals surface area contributed by atoms with Crippen LogP contribution in [0.2, 0.25) is 0 Å². The second-order valence-electron chi connectivity index (χ2n) is 3.73. The molecule has 0 aliphatic carbocycles. The summed E-state index contributed by atoms with van der Waals surface area (Å²) in [5.41, 5.74) is 0. The number of hydrogen-bond donors (Lipinski definition) is 1. The van der Waals surface area contributed by atoms with Crippen molar-refractivity contribution in [3.8, 4) is 5.75 Å². The maximum Gasteiger partial charge on any atom is 1.00 e. The molecule has 0 saturated heterocycles. The molecule has 2 aromatic carbocycles. The minimum atomic E-state index is -4.92. The Labute approximate surface area is 206 Å². The Balaban J connectivity index is 0.00000200. The predicted octanol–water partition coefficient (Wildman–Crippen LogP) is -5.93. The SMILES string of the molecule is O=S(=O)([O-])c1cc(S(=O)(=O)O)c2ccc([O-])cc2c1.[K+].[K+]. The molecule has 0 heterocycles. The maximum absolute atomic E-state index is 11.2. The molecule has 0 aliphatic rings. The van der Waals surface area contributed by atoms with Gasteiger partial charge in [0.1, 0.15) is 15.0 Å². The second-order valence-corrected chi connectivity index (χ2v) is 6.50. The molecule has 0 fully saturated rings. The van der Waals surface area contributed by atoms with E-state index in [4.69, 9.17) is 4.55 Å². The van der Waals surface area contributed by atoms with Crippen LogP contribution < -0.4 is 108 Å². The first kappa shape index (κ1) is 22.6. The zero-order chi connectivity index (χ0) is 14.4. The predicted molar refractivity (Wildman–Crippen MR) is 61.2 cm³/mol. The summed E-state index contributed by atoms with van der Waals surface area (Å²) in [6.45, 7) is 0. The Morgan fingerprint density at radius 3 is 2.00 bits per heavy atom. The first-order valence-electron chi connectivity index (χ1n) is 4.77. The van der Waals surface area contributed by atoms with Crippen LogP contribution in [-0.4, -0.2) is 25.9 Å². The van der Waals surface area contributed by atoms with Gasteiger partial charge in [-0.2, -0.15) is 8.42 Å². The summed E-state index contributed by atoms with van der Waals surface area (Å²) in [6.07, 6.45) is 0. The van der Waals surface area contributed by atoms with E-state index >= 15 is 0 Å². The minimum absolute atomic E-state index is 0. The van der Waals surface area contributed by atoms with E-state index in [1.807, 2.05) is 0 Å². The first-order chi connectivity index (χ1) is 8.59. The molecule has 0 saturated carbocycles. The van der Waals surface area contributed by atoms with Gasteiger partial charge >= 0.3 is 103 Å². The molecule has 0 bridgehead atoms. The quantitative estimate of drug-likeness (QED) is 0.405. The molecule has 2 aromatic rings. The van der Waals surface area contributed by atoms with Crippen molar-refractivity contribution in [3.05, 3.63) is 30.3 Å². The molecule has 0 aromatic heterocycles. The zero-order valence-electron chi connectivity index (χ0n) is 11.1. The molecule has 0 spiro atoms. The van der Waals surface area contributed by atoms with Crippen LogP contribution in [0.1, 0.15) is 0 Å². The van der Waals surface area contributed by atoms with Crippen LogP contribution in [0.3, 0.4) is 0 Å². The van der Waals surface area contributed by atoms with Gasteiger partial charge in [0.25, 0.3) is 10.1 Å². The number of fused-ring (bicyclic) bond motifs is 1. The van der Waals surface area contributed by atoms with Gasteiger partial charge < -0.3 is 9.66 Å². The summed E-state index contributed by atoms with van der Waals surface area (Å²) in [7, 11) is -9.65. The fraction of sp³-hybridized carbons (Fsp3) is 0. The van der Waals surface area contributed by atoms with E-state index in [0.717, 1.165) is 24.3 Å². The topological polar surface area (TPSA) is 135 Å². The average Bonchev–Trinajstić information content (AvgIpc) is 2.24. The van der Waals surface area contributed by atoms with Crippen LogP contribution >= 0.6 is 0 Å². The van der Waals surface area contributed by atoms with Gasteiger partial charge in [-0.15, -0.1) is 5.75 Å². The summed E-state index contributed by atoms with van der Waals surface area (Å²) in [6, 6.07) is 4.60. The van der Waals surface area contributed by atoms with E-state index < -0.39 is 35.8 Å². The van der Waals surface area contributed by atoms with Crippen LogP contribution in [-0.2, 0) is 20.2 Å². The summed E-state index contributed by atoms with van der Waals surface area (Å²) in [5.74, 6) is -0.491. The molecule has 1 N–H and O–H groups in total. The molecule has 21 heavy (non-hydrogen) atoms. The summed E-state index contributed by atoms with van der Waals surface area (Å²) in [5, 5.41) is 11.1. The smallest absolute Gasteiger partial charge is 0.872 e. The fourth-order valence-electron chi connectivity index (χ4n) is 1.64. The standard InChI is InChI=1S/C10H8O7S2.2K/c11-7-1-2-9-6(3-7)4-8(18(12,13)14)5-10(9)19(15,16)17;;/h1-5,11H,(H,12,13,14)(H,15,16,17);;/q;2*+1/p-2. The van der Waals surface area contributed by atoms with Crippen molar-refractivity contribution in [1.82, 2.24) is 0 Å². The number of rotatable bonds is 2. The van der Waals surface area contributed by atoms with E-state index in [1.54, 1.807) is 0 Å². The molecular formula is C10H6K2O7S2. The van der Waals surface area contributed by atoms with Gasteiger partial charge in [0.2, 0.25) is 0 Å². The van der Waals surface area contributed by atoms with Crippen LogP contribution in [0.15, 0.2) is 40.1 Å². The van der Waals surface area contributed by atoms with Crippen LogP contribution in [0.25, 0.3) is 10.8 Å². The molecule has 0 atom stereocenters. The Bertz CT molecular complexity index is 876. The van der Waals surface area contributed by atoms with Crippen LogP contribution in [0.5, 0.6) is 5.75 Å². The minimum Gasteiger partial charge on any atom is -0.872 e. The maximum atomic E-state index is 11.2. The van der Waals surface area contributed by atoms with Crippen molar-refractivity contribution in [2.45, 2.75) is 9.79 Å². The summed E-state index contributed by atoms with van der Waals surface area (Å²) < 4.78 is 64.2. The third-order valence-electron chi connectivity index (χ3n) is 2.43. The average molecular weight is 380 g/mol. The fourth-order valence-corrected chi connectivity index (χ4v) is 2.99. The normalized spacial score (nSPS) is 11.5. The van der Waals surface area contributed by atoms with Crippen molar-refractivity contribution in [3.63, 3.8) is 0 Å². The number of hydrogen-bond acceptors (Lipinski definition) is 6. The molecule has 0 radical (unpaired) electrons. The molecule has 102 valence electrons. The summed E-state index contributed by atoms with van der Waals surface area (Å²) >= 11 is 0.